The van der Waals surface area contributed by atoms with Crippen molar-refractivity contribution in [2.45, 2.75) is 33.2 Å². The normalized spacial score (nSPS) is 20.2. The van der Waals surface area contributed by atoms with Crippen LogP contribution in [0.25, 0.3) is 0 Å². The van der Waals surface area contributed by atoms with Gasteiger partial charge in [0.1, 0.15) is 5.82 Å². The predicted octanol–water partition coefficient (Wildman–Crippen LogP) is 3.13. The van der Waals surface area contributed by atoms with Crippen LogP contribution in [-0.4, -0.2) is 31.1 Å². The Morgan fingerprint density at radius 1 is 1.32 bits per heavy atom. The van der Waals surface area contributed by atoms with E-state index in [0.29, 0.717) is 12.0 Å². The van der Waals surface area contributed by atoms with Crippen molar-refractivity contribution in [2.75, 3.05) is 26.2 Å². The molecule has 1 aromatic rings. The van der Waals surface area contributed by atoms with Gasteiger partial charge in [-0.25, -0.2) is 4.39 Å². The fourth-order valence-corrected chi connectivity index (χ4v) is 2.93. The third kappa shape index (κ3) is 3.34. The number of hydrogen-bond acceptors (Lipinski definition) is 2. The standard InChI is InChI=1S/C16H25FN2/c1-4-12(2)16(19-9-7-18-8-10-19)14-5-6-15(17)13(3)11-14/h5-6,11-12,16,18H,4,7-10H2,1-3H3/t12?,16-/m0/s1. The summed E-state index contributed by atoms with van der Waals surface area (Å²) in [5, 5.41) is 3.40. The second-order valence-corrected chi connectivity index (χ2v) is 5.62. The number of piperazine rings is 1. The van der Waals surface area contributed by atoms with Gasteiger partial charge >= 0.3 is 0 Å². The lowest BCUT2D eigenvalue weighted by Gasteiger charge is -2.38. The highest BCUT2D eigenvalue weighted by molar-refractivity contribution is 5.27. The summed E-state index contributed by atoms with van der Waals surface area (Å²) in [5.74, 6) is 0.481. The zero-order valence-electron chi connectivity index (χ0n) is 12.2. The predicted molar refractivity (Wildman–Crippen MR) is 77.8 cm³/mol. The van der Waals surface area contributed by atoms with Crippen molar-refractivity contribution in [1.82, 2.24) is 10.2 Å². The highest BCUT2D eigenvalue weighted by atomic mass is 19.1. The zero-order chi connectivity index (χ0) is 13.8. The van der Waals surface area contributed by atoms with Crippen LogP contribution in [0, 0.1) is 18.7 Å². The van der Waals surface area contributed by atoms with E-state index in [2.05, 4.69) is 24.1 Å². The van der Waals surface area contributed by atoms with Gasteiger partial charge in [0.05, 0.1) is 0 Å². The third-order valence-corrected chi connectivity index (χ3v) is 4.25. The number of rotatable bonds is 4. The molecule has 2 atom stereocenters. The minimum atomic E-state index is -0.105. The molecule has 3 heteroatoms. The van der Waals surface area contributed by atoms with Gasteiger partial charge in [0.2, 0.25) is 0 Å². The molecule has 1 aliphatic heterocycles. The molecule has 1 fully saturated rings. The maximum absolute atomic E-state index is 13.5. The molecule has 0 spiro atoms. The number of aryl methyl sites for hydroxylation is 1. The highest BCUT2D eigenvalue weighted by Crippen LogP contribution is 2.31. The van der Waals surface area contributed by atoms with Crippen molar-refractivity contribution in [3.05, 3.63) is 35.1 Å². The van der Waals surface area contributed by atoms with E-state index >= 15 is 0 Å². The Labute approximate surface area is 116 Å². The van der Waals surface area contributed by atoms with Crippen molar-refractivity contribution >= 4 is 0 Å². The molecule has 0 radical (unpaired) electrons. The van der Waals surface area contributed by atoms with Gasteiger partial charge in [0.25, 0.3) is 0 Å². The van der Waals surface area contributed by atoms with Gasteiger partial charge in [0.15, 0.2) is 0 Å². The van der Waals surface area contributed by atoms with Crippen LogP contribution in [0.5, 0.6) is 0 Å². The summed E-state index contributed by atoms with van der Waals surface area (Å²) >= 11 is 0. The monoisotopic (exact) mass is 264 g/mol. The second kappa shape index (κ2) is 6.49. The Balaban J connectivity index is 2.27. The van der Waals surface area contributed by atoms with Crippen LogP contribution < -0.4 is 5.32 Å². The van der Waals surface area contributed by atoms with Crippen LogP contribution >= 0.6 is 0 Å². The van der Waals surface area contributed by atoms with Crippen LogP contribution in [0.2, 0.25) is 0 Å². The summed E-state index contributed by atoms with van der Waals surface area (Å²) in [6.07, 6.45) is 1.14. The molecule has 19 heavy (non-hydrogen) atoms. The Bertz CT molecular complexity index is 413. The first-order valence-electron chi connectivity index (χ1n) is 7.34. The topological polar surface area (TPSA) is 15.3 Å². The van der Waals surface area contributed by atoms with E-state index in [1.165, 1.54) is 5.56 Å². The number of benzene rings is 1. The molecule has 2 rings (SSSR count). The zero-order valence-corrected chi connectivity index (χ0v) is 12.2. The average Bonchev–Trinajstić information content (AvgIpc) is 2.44. The van der Waals surface area contributed by atoms with Crippen molar-refractivity contribution in [3.8, 4) is 0 Å². The molecule has 1 unspecified atom stereocenters. The van der Waals surface area contributed by atoms with Crippen LogP contribution in [0.1, 0.15) is 37.4 Å². The number of nitrogens with one attached hydrogen (secondary N) is 1. The molecule has 1 aromatic carbocycles. The van der Waals surface area contributed by atoms with E-state index in [0.717, 1.165) is 38.2 Å². The molecule has 0 aromatic heterocycles. The fourth-order valence-electron chi connectivity index (χ4n) is 2.93. The van der Waals surface area contributed by atoms with E-state index in [1.807, 2.05) is 19.1 Å². The number of nitrogens with zero attached hydrogens (tertiary/aromatic N) is 1. The summed E-state index contributed by atoms with van der Waals surface area (Å²) in [6, 6.07) is 6.00. The number of halogens is 1. The average molecular weight is 264 g/mol. The van der Waals surface area contributed by atoms with Crippen molar-refractivity contribution in [3.63, 3.8) is 0 Å². The van der Waals surface area contributed by atoms with Gasteiger partial charge in [-0.3, -0.25) is 4.90 Å². The first kappa shape index (κ1) is 14.5. The van der Waals surface area contributed by atoms with Gasteiger partial charge in [-0.1, -0.05) is 32.4 Å². The quantitative estimate of drug-likeness (QED) is 0.899. The van der Waals surface area contributed by atoms with Crippen molar-refractivity contribution < 1.29 is 4.39 Å². The molecule has 0 bridgehead atoms. The maximum Gasteiger partial charge on any atom is 0.126 e. The van der Waals surface area contributed by atoms with E-state index in [9.17, 15) is 4.39 Å². The van der Waals surface area contributed by atoms with Gasteiger partial charge in [0, 0.05) is 32.2 Å². The molecule has 2 nitrogen and oxygen atoms in total. The molecular weight excluding hydrogens is 239 g/mol. The SMILES string of the molecule is CCC(C)[C@@H](c1ccc(F)c(C)c1)N1CCNCC1. The van der Waals surface area contributed by atoms with E-state index in [-0.39, 0.29) is 5.82 Å². The molecule has 1 saturated heterocycles. The molecule has 1 heterocycles. The molecule has 0 aliphatic carbocycles. The molecule has 0 amide bonds. The lowest BCUT2D eigenvalue weighted by atomic mass is 9.89. The van der Waals surface area contributed by atoms with Gasteiger partial charge < -0.3 is 5.32 Å². The first-order valence-corrected chi connectivity index (χ1v) is 7.34. The van der Waals surface area contributed by atoms with Crippen molar-refractivity contribution in [1.29, 1.82) is 0 Å². The maximum atomic E-state index is 13.5. The van der Waals surface area contributed by atoms with E-state index in [4.69, 9.17) is 0 Å². The van der Waals surface area contributed by atoms with Gasteiger partial charge in [-0.2, -0.15) is 0 Å². The highest BCUT2D eigenvalue weighted by Gasteiger charge is 2.26. The summed E-state index contributed by atoms with van der Waals surface area (Å²) in [6.45, 7) is 10.6. The molecule has 1 N–H and O–H groups in total. The Hall–Kier alpha value is -0.930. The summed E-state index contributed by atoms with van der Waals surface area (Å²) in [5.41, 5.74) is 2.01. The largest absolute Gasteiger partial charge is 0.314 e. The lowest BCUT2D eigenvalue weighted by molar-refractivity contribution is 0.128. The van der Waals surface area contributed by atoms with Gasteiger partial charge in [-0.15, -0.1) is 0 Å². The minimum absolute atomic E-state index is 0.105. The van der Waals surface area contributed by atoms with Crippen molar-refractivity contribution in [2.24, 2.45) is 5.92 Å². The van der Waals surface area contributed by atoms with E-state index < -0.39 is 0 Å². The number of hydrogen-bond donors (Lipinski definition) is 1. The van der Waals surface area contributed by atoms with E-state index in [1.54, 1.807) is 6.07 Å². The van der Waals surface area contributed by atoms with Crippen LogP contribution in [0.15, 0.2) is 18.2 Å². The third-order valence-electron chi connectivity index (χ3n) is 4.25. The Morgan fingerprint density at radius 3 is 2.58 bits per heavy atom. The summed E-state index contributed by atoms with van der Waals surface area (Å²) in [7, 11) is 0. The lowest BCUT2D eigenvalue weighted by Crippen LogP contribution is -2.46. The molecular formula is C16H25FN2. The second-order valence-electron chi connectivity index (χ2n) is 5.62. The molecule has 106 valence electrons. The summed E-state index contributed by atoms with van der Waals surface area (Å²) in [4.78, 5) is 2.54. The van der Waals surface area contributed by atoms with Gasteiger partial charge in [-0.05, 0) is 30.0 Å². The van der Waals surface area contributed by atoms with Crippen LogP contribution in [0.3, 0.4) is 0 Å². The summed E-state index contributed by atoms with van der Waals surface area (Å²) < 4.78 is 13.5. The molecule has 1 aliphatic rings. The Kier molecular flexibility index (Phi) is 4.94. The van der Waals surface area contributed by atoms with Crippen LogP contribution in [0.4, 0.5) is 4.39 Å². The fraction of sp³-hybridized carbons (Fsp3) is 0.625. The molecule has 0 saturated carbocycles. The Morgan fingerprint density at radius 2 is 2.00 bits per heavy atom. The first-order chi connectivity index (χ1) is 9.13. The van der Waals surface area contributed by atoms with Crippen LogP contribution in [-0.2, 0) is 0 Å². The smallest absolute Gasteiger partial charge is 0.126 e. The minimum Gasteiger partial charge on any atom is -0.314 e.